The Morgan fingerprint density at radius 3 is 2.88 bits per heavy atom. The number of fused-ring (bicyclic) bond motifs is 1. The molecule has 0 saturated carbocycles. The molecule has 3 rings (SSSR count). The monoisotopic (exact) mass is 384 g/mol. The van der Waals surface area contributed by atoms with Gasteiger partial charge in [0.25, 0.3) is 5.91 Å². The highest BCUT2D eigenvalue weighted by Gasteiger charge is 2.31. The summed E-state index contributed by atoms with van der Waals surface area (Å²) in [7, 11) is -3.53. The van der Waals surface area contributed by atoms with Crippen molar-refractivity contribution in [3.63, 3.8) is 0 Å². The van der Waals surface area contributed by atoms with E-state index in [4.69, 9.17) is 20.8 Å². The molecule has 7 nitrogen and oxygen atoms in total. The number of hydrogen-bond acceptors (Lipinski definition) is 5. The van der Waals surface area contributed by atoms with Crippen LogP contribution in [0.2, 0.25) is 5.02 Å². The number of hydrogen-bond donors (Lipinski definition) is 1. The van der Waals surface area contributed by atoms with E-state index >= 15 is 0 Å². The molecule has 0 unspecified atom stereocenters. The van der Waals surface area contributed by atoms with Crippen molar-refractivity contribution in [2.45, 2.75) is 19.1 Å². The average molecular weight is 385 g/mol. The molecule has 2 heterocycles. The number of nitrogens with zero attached hydrogens (tertiary/aromatic N) is 1. The van der Waals surface area contributed by atoms with E-state index in [1.165, 1.54) is 16.6 Å². The minimum atomic E-state index is -3.53. The van der Waals surface area contributed by atoms with Gasteiger partial charge in [0.1, 0.15) is 11.5 Å². The molecule has 1 aromatic carbocycles. The number of anilines is 1. The molecule has 0 saturated heterocycles. The lowest BCUT2D eigenvalue weighted by molar-refractivity contribution is -0.128. The fraction of sp³-hybridized carbons (Fsp3) is 0.312. The molecule has 1 aromatic heterocycles. The van der Waals surface area contributed by atoms with Gasteiger partial charge in [0, 0.05) is 18.0 Å². The lowest BCUT2D eigenvalue weighted by Crippen LogP contribution is -2.39. The second-order valence-electron chi connectivity index (χ2n) is 5.64. The van der Waals surface area contributed by atoms with Crippen molar-refractivity contribution in [3.8, 4) is 5.75 Å². The molecule has 0 fully saturated rings. The van der Waals surface area contributed by atoms with Gasteiger partial charge < -0.3 is 14.5 Å². The maximum atomic E-state index is 12.4. The predicted octanol–water partition coefficient (Wildman–Crippen LogP) is 2.17. The van der Waals surface area contributed by atoms with Crippen LogP contribution in [-0.4, -0.2) is 33.2 Å². The Morgan fingerprint density at radius 2 is 2.20 bits per heavy atom. The summed E-state index contributed by atoms with van der Waals surface area (Å²) >= 11 is 5.98. The van der Waals surface area contributed by atoms with Crippen molar-refractivity contribution in [3.05, 3.63) is 47.4 Å². The molecule has 9 heteroatoms. The molecule has 1 amide bonds. The molecule has 0 aliphatic carbocycles. The number of carbonyl (C=O) groups is 1. The van der Waals surface area contributed by atoms with E-state index in [9.17, 15) is 13.2 Å². The molecule has 0 spiro atoms. The standard InChI is InChI=1S/C16H17ClN2O5S/c1-25(21,22)19-7-6-15(16(20)18-10-12-3-2-8-23-12)24-14-5-4-11(17)9-13(14)19/h2-5,8-9,15H,6-7,10H2,1H3,(H,18,20)/t15-/m0/s1. The summed E-state index contributed by atoms with van der Waals surface area (Å²) in [5.74, 6) is 0.574. The van der Waals surface area contributed by atoms with Gasteiger partial charge in [-0.15, -0.1) is 0 Å². The first-order valence-corrected chi connectivity index (χ1v) is 9.81. The number of amides is 1. The third-order valence-electron chi connectivity index (χ3n) is 3.76. The quantitative estimate of drug-likeness (QED) is 0.872. The molecular weight excluding hydrogens is 368 g/mol. The second-order valence-corrected chi connectivity index (χ2v) is 7.98. The van der Waals surface area contributed by atoms with E-state index in [0.717, 1.165) is 6.26 Å². The maximum absolute atomic E-state index is 12.4. The summed E-state index contributed by atoms with van der Waals surface area (Å²) in [6, 6.07) is 8.14. The zero-order valence-corrected chi connectivity index (χ0v) is 15.0. The maximum Gasteiger partial charge on any atom is 0.261 e. The number of sulfonamides is 1. The number of rotatable bonds is 4. The lowest BCUT2D eigenvalue weighted by atomic mass is 10.2. The van der Waals surface area contributed by atoms with Crippen LogP contribution in [0.15, 0.2) is 41.0 Å². The number of carbonyl (C=O) groups excluding carboxylic acids is 1. The summed E-state index contributed by atoms with van der Waals surface area (Å²) in [6.45, 7) is 0.347. The zero-order chi connectivity index (χ0) is 18.0. The molecule has 0 bridgehead atoms. The Bertz CT molecular complexity index is 867. The smallest absolute Gasteiger partial charge is 0.261 e. The van der Waals surface area contributed by atoms with Crippen LogP contribution in [0, 0.1) is 0 Å². The Balaban J connectivity index is 1.81. The van der Waals surface area contributed by atoms with Crippen molar-refractivity contribution in [1.29, 1.82) is 0 Å². The first kappa shape index (κ1) is 17.6. The summed E-state index contributed by atoms with van der Waals surface area (Å²) in [6.07, 6.45) is 2.02. The van der Waals surface area contributed by atoms with Gasteiger partial charge in [-0.2, -0.15) is 0 Å². The summed E-state index contributed by atoms with van der Waals surface area (Å²) in [4.78, 5) is 12.4. The molecule has 1 N–H and O–H groups in total. The minimum absolute atomic E-state index is 0.116. The van der Waals surface area contributed by atoms with Crippen LogP contribution in [0.4, 0.5) is 5.69 Å². The van der Waals surface area contributed by atoms with E-state index in [1.54, 1.807) is 24.3 Å². The molecule has 1 aliphatic heterocycles. The first-order chi connectivity index (χ1) is 11.8. The normalized spacial score (nSPS) is 17.4. The van der Waals surface area contributed by atoms with Gasteiger partial charge in [-0.1, -0.05) is 11.6 Å². The van der Waals surface area contributed by atoms with E-state index in [0.29, 0.717) is 22.2 Å². The van der Waals surface area contributed by atoms with Crippen molar-refractivity contribution < 1.29 is 22.4 Å². The number of furan rings is 1. The Hall–Kier alpha value is -2.19. The average Bonchev–Trinajstić information content (AvgIpc) is 2.98. The van der Waals surface area contributed by atoms with Crippen LogP contribution in [0.1, 0.15) is 12.2 Å². The van der Waals surface area contributed by atoms with Gasteiger partial charge in [-0.05, 0) is 30.3 Å². The predicted molar refractivity (Wildman–Crippen MR) is 93.2 cm³/mol. The van der Waals surface area contributed by atoms with Crippen molar-refractivity contribution >= 4 is 33.2 Å². The van der Waals surface area contributed by atoms with Crippen molar-refractivity contribution in [2.75, 3.05) is 17.1 Å². The van der Waals surface area contributed by atoms with Gasteiger partial charge in [-0.3, -0.25) is 9.10 Å². The first-order valence-electron chi connectivity index (χ1n) is 7.58. The van der Waals surface area contributed by atoms with Crippen molar-refractivity contribution in [2.24, 2.45) is 0 Å². The van der Waals surface area contributed by atoms with Gasteiger partial charge in [0.2, 0.25) is 10.0 Å². The summed E-state index contributed by atoms with van der Waals surface area (Å²) < 4.78 is 36.3. The Kier molecular flexibility index (Phi) is 4.91. The fourth-order valence-electron chi connectivity index (χ4n) is 2.58. The van der Waals surface area contributed by atoms with Crippen LogP contribution in [0.5, 0.6) is 5.75 Å². The highest BCUT2D eigenvalue weighted by atomic mass is 35.5. The van der Waals surface area contributed by atoms with Gasteiger partial charge in [0.05, 0.1) is 24.8 Å². The highest BCUT2D eigenvalue weighted by Crippen LogP contribution is 2.36. The largest absolute Gasteiger partial charge is 0.478 e. The molecule has 1 aliphatic rings. The van der Waals surface area contributed by atoms with E-state index in [1.807, 2.05) is 0 Å². The second kappa shape index (κ2) is 6.97. The number of nitrogens with one attached hydrogen (secondary N) is 1. The van der Waals surface area contributed by atoms with Crippen LogP contribution in [0.25, 0.3) is 0 Å². The third kappa shape index (κ3) is 4.08. The Labute approximate surface area is 150 Å². The van der Waals surface area contributed by atoms with E-state index in [2.05, 4.69) is 5.32 Å². The van der Waals surface area contributed by atoms with Crippen LogP contribution in [-0.2, 0) is 21.4 Å². The van der Waals surface area contributed by atoms with Crippen LogP contribution in [0.3, 0.4) is 0 Å². The van der Waals surface area contributed by atoms with E-state index < -0.39 is 16.1 Å². The molecule has 0 radical (unpaired) electrons. The van der Waals surface area contributed by atoms with Crippen LogP contribution < -0.4 is 14.4 Å². The van der Waals surface area contributed by atoms with Gasteiger partial charge in [-0.25, -0.2) is 8.42 Å². The molecule has 134 valence electrons. The zero-order valence-electron chi connectivity index (χ0n) is 13.4. The topological polar surface area (TPSA) is 88.9 Å². The lowest BCUT2D eigenvalue weighted by Gasteiger charge is -2.21. The molecule has 2 aromatic rings. The third-order valence-corrected chi connectivity index (χ3v) is 5.18. The number of ether oxygens (including phenoxy) is 1. The number of benzene rings is 1. The summed E-state index contributed by atoms with van der Waals surface area (Å²) in [5, 5.41) is 3.11. The molecule has 1 atom stereocenters. The highest BCUT2D eigenvalue weighted by molar-refractivity contribution is 7.92. The van der Waals surface area contributed by atoms with E-state index in [-0.39, 0.29) is 25.4 Å². The fourth-order valence-corrected chi connectivity index (χ4v) is 3.69. The van der Waals surface area contributed by atoms with Crippen molar-refractivity contribution in [1.82, 2.24) is 5.32 Å². The number of halogens is 1. The molecular formula is C16H17ClN2O5S. The Morgan fingerprint density at radius 1 is 1.40 bits per heavy atom. The molecule has 25 heavy (non-hydrogen) atoms. The van der Waals surface area contributed by atoms with Gasteiger partial charge >= 0.3 is 0 Å². The minimum Gasteiger partial charge on any atom is -0.478 e. The summed E-state index contributed by atoms with van der Waals surface area (Å²) in [5.41, 5.74) is 0.330. The SMILES string of the molecule is CS(=O)(=O)N1CC[C@@H](C(=O)NCc2ccco2)Oc2ccc(Cl)cc21. The van der Waals surface area contributed by atoms with Crippen LogP contribution >= 0.6 is 11.6 Å². The van der Waals surface area contributed by atoms with Gasteiger partial charge in [0.15, 0.2) is 6.10 Å².